The van der Waals surface area contributed by atoms with E-state index in [2.05, 4.69) is 38.1 Å². The molecule has 0 spiro atoms. The zero-order valence-electron chi connectivity index (χ0n) is 24.3. The lowest BCUT2D eigenvalue weighted by Crippen LogP contribution is -2.17. The molecular weight excluding hydrogens is 530 g/mol. The highest BCUT2D eigenvalue weighted by atomic mass is 32.2. The van der Waals surface area contributed by atoms with E-state index in [0.29, 0.717) is 16.1 Å². The summed E-state index contributed by atoms with van der Waals surface area (Å²) in [7, 11) is -1.25. The molecule has 0 radical (unpaired) electrons. The topological polar surface area (TPSA) is 81.8 Å². The van der Waals surface area contributed by atoms with Crippen molar-refractivity contribution in [3.63, 3.8) is 0 Å². The van der Waals surface area contributed by atoms with Crippen LogP contribution in [0.4, 0.5) is 5.69 Å². The van der Waals surface area contributed by atoms with E-state index >= 15 is 0 Å². The fraction of sp³-hybridized carbons (Fsp3) is 0.242. The predicted molar refractivity (Wildman–Crippen MR) is 166 cm³/mol. The van der Waals surface area contributed by atoms with Gasteiger partial charge in [-0.05, 0) is 66.3 Å². The molecule has 5 rings (SSSR count). The average Bonchev–Trinajstić information content (AvgIpc) is 3.60. The largest absolute Gasteiger partial charge is 0.321 e. The first-order valence-corrected chi connectivity index (χ1v) is 15.2. The van der Waals surface area contributed by atoms with Gasteiger partial charge in [-0.1, -0.05) is 58.0 Å². The number of aryl methyl sites for hydroxylation is 1. The number of hydrogen-bond donors (Lipinski definition) is 1. The second-order valence-corrected chi connectivity index (χ2v) is 12.5. The minimum Gasteiger partial charge on any atom is -0.321 e. The Labute approximate surface area is 243 Å². The molecule has 0 bridgehead atoms. The normalized spacial score (nSPS) is 12.3. The standard InChI is InChI=1S/C33H35N5O2S/c1-7-29-26(19-35-38(29)25-11-9-8-10-12-25)28-20-37(21-34-28)30-17-23(14-13-22(30)2)32(39)36-27-18-24(33(3,4)5)15-16-31(27)41(6)40/h8-21H,7H2,1-6H3,(H,36,39). The van der Waals surface area contributed by atoms with Crippen LogP contribution in [0.3, 0.4) is 0 Å². The Hall–Kier alpha value is -4.30. The van der Waals surface area contributed by atoms with Crippen molar-refractivity contribution in [3.05, 3.63) is 108 Å². The number of anilines is 1. The summed E-state index contributed by atoms with van der Waals surface area (Å²) in [6.07, 6.45) is 8.02. The van der Waals surface area contributed by atoms with E-state index in [-0.39, 0.29) is 11.3 Å². The van der Waals surface area contributed by atoms with Gasteiger partial charge in [-0.3, -0.25) is 9.00 Å². The first kappa shape index (κ1) is 28.2. The van der Waals surface area contributed by atoms with Gasteiger partial charge in [0.1, 0.15) is 0 Å². The highest BCUT2D eigenvalue weighted by molar-refractivity contribution is 7.84. The van der Waals surface area contributed by atoms with E-state index in [4.69, 9.17) is 4.98 Å². The number of rotatable bonds is 7. The molecule has 1 unspecified atom stereocenters. The summed E-state index contributed by atoms with van der Waals surface area (Å²) in [5.41, 5.74) is 7.74. The van der Waals surface area contributed by atoms with Crippen LogP contribution in [-0.4, -0.2) is 35.7 Å². The molecule has 0 aliphatic carbocycles. The van der Waals surface area contributed by atoms with Crippen LogP contribution in [0.2, 0.25) is 0 Å². The highest BCUT2D eigenvalue weighted by Crippen LogP contribution is 2.30. The van der Waals surface area contributed by atoms with Crippen LogP contribution in [0.25, 0.3) is 22.6 Å². The van der Waals surface area contributed by atoms with Crippen LogP contribution < -0.4 is 5.32 Å². The zero-order valence-corrected chi connectivity index (χ0v) is 25.1. The predicted octanol–water partition coefficient (Wildman–Crippen LogP) is 6.88. The maximum absolute atomic E-state index is 13.4. The van der Waals surface area contributed by atoms with Crippen molar-refractivity contribution in [3.8, 4) is 22.6 Å². The fourth-order valence-corrected chi connectivity index (χ4v) is 5.56. The second kappa shape index (κ2) is 11.3. The molecule has 0 saturated carbocycles. The number of nitrogens with one attached hydrogen (secondary N) is 1. The Balaban J connectivity index is 1.46. The third-order valence-electron chi connectivity index (χ3n) is 7.22. The Morgan fingerprint density at radius 3 is 2.46 bits per heavy atom. The summed E-state index contributed by atoms with van der Waals surface area (Å²) >= 11 is 0. The van der Waals surface area contributed by atoms with E-state index < -0.39 is 10.8 Å². The van der Waals surface area contributed by atoms with E-state index in [1.54, 1.807) is 18.6 Å². The molecule has 2 heterocycles. The van der Waals surface area contributed by atoms with Gasteiger partial charge in [0, 0.05) is 23.6 Å². The van der Waals surface area contributed by atoms with Gasteiger partial charge < -0.3 is 9.88 Å². The lowest BCUT2D eigenvalue weighted by atomic mass is 9.87. The summed E-state index contributed by atoms with van der Waals surface area (Å²) < 4.78 is 16.3. The van der Waals surface area contributed by atoms with Gasteiger partial charge >= 0.3 is 0 Å². The van der Waals surface area contributed by atoms with Crippen LogP contribution in [-0.2, 0) is 22.6 Å². The minimum absolute atomic E-state index is 0.112. The molecule has 1 atom stereocenters. The van der Waals surface area contributed by atoms with E-state index in [1.807, 2.05) is 89.2 Å². The van der Waals surface area contributed by atoms with Crippen molar-refractivity contribution >= 4 is 22.4 Å². The van der Waals surface area contributed by atoms with E-state index in [1.165, 1.54) is 0 Å². The van der Waals surface area contributed by atoms with Gasteiger partial charge in [-0.15, -0.1) is 0 Å². The maximum Gasteiger partial charge on any atom is 0.255 e. The van der Waals surface area contributed by atoms with Gasteiger partial charge in [0.05, 0.1) is 56.7 Å². The quantitative estimate of drug-likeness (QED) is 0.233. The summed E-state index contributed by atoms with van der Waals surface area (Å²) in [6, 6.07) is 21.4. The SMILES string of the molecule is CCc1c(-c2cn(-c3cc(C(=O)Nc4cc(C(C)(C)C)ccc4S(C)=O)ccc3C)cn2)cnn1-c1ccccc1. The molecule has 1 N–H and O–H groups in total. The number of hydrogen-bond acceptors (Lipinski definition) is 4. The van der Waals surface area contributed by atoms with Gasteiger partial charge in [-0.25, -0.2) is 9.67 Å². The van der Waals surface area contributed by atoms with E-state index in [0.717, 1.165) is 45.9 Å². The average molecular weight is 566 g/mol. The molecular formula is C33H35N5O2S. The molecule has 41 heavy (non-hydrogen) atoms. The smallest absolute Gasteiger partial charge is 0.255 e. The zero-order chi connectivity index (χ0) is 29.3. The maximum atomic E-state index is 13.4. The molecule has 0 aliphatic rings. The molecule has 0 fully saturated rings. The van der Waals surface area contributed by atoms with Crippen LogP contribution in [0.5, 0.6) is 0 Å². The third-order valence-corrected chi connectivity index (χ3v) is 8.19. The lowest BCUT2D eigenvalue weighted by molar-refractivity contribution is 0.102. The number of carbonyl (C=O) groups is 1. The number of amides is 1. The summed E-state index contributed by atoms with van der Waals surface area (Å²) in [5.74, 6) is -0.262. The van der Waals surface area contributed by atoms with Crippen molar-refractivity contribution in [2.75, 3.05) is 11.6 Å². The molecule has 1 amide bonds. The molecule has 0 aliphatic heterocycles. The minimum atomic E-state index is -1.25. The third kappa shape index (κ3) is 5.79. The summed E-state index contributed by atoms with van der Waals surface area (Å²) in [5, 5.41) is 7.66. The summed E-state index contributed by atoms with van der Waals surface area (Å²) in [6.45, 7) is 10.4. The Morgan fingerprint density at radius 2 is 1.78 bits per heavy atom. The number of aromatic nitrogens is 4. The molecule has 5 aromatic rings. The van der Waals surface area contributed by atoms with Gasteiger partial charge in [0.25, 0.3) is 5.91 Å². The lowest BCUT2D eigenvalue weighted by Gasteiger charge is -2.21. The first-order chi connectivity index (χ1) is 19.6. The van der Waals surface area contributed by atoms with Gasteiger partial charge in [0.2, 0.25) is 0 Å². The molecule has 0 saturated heterocycles. The van der Waals surface area contributed by atoms with Crippen LogP contribution in [0.15, 0.2) is 90.3 Å². The molecule has 8 heteroatoms. The Morgan fingerprint density at radius 1 is 1.02 bits per heavy atom. The number of benzene rings is 3. The monoisotopic (exact) mass is 565 g/mol. The van der Waals surface area contributed by atoms with Crippen molar-refractivity contribution < 1.29 is 9.00 Å². The number of imidazole rings is 1. The number of nitrogens with zero attached hydrogens (tertiary/aromatic N) is 4. The first-order valence-electron chi connectivity index (χ1n) is 13.6. The van der Waals surface area contributed by atoms with Crippen molar-refractivity contribution in [1.29, 1.82) is 0 Å². The molecule has 3 aromatic carbocycles. The number of para-hydroxylation sites is 1. The van der Waals surface area contributed by atoms with Crippen molar-refractivity contribution in [2.45, 2.75) is 51.3 Å². The van der Waals surface area contributed by atoms with Crippen molar-refractivity contribution in [2.24, 2.45) is 0 Å². The second-order valence-electron chi connectivity index (χ2n) is 11.1. The van der Waals surface area contributed by atoms with Crippen LogP contribution in [0.1, 0.15) is 54.9 Å². The number of carbonyl (C=O) groups excluding carboxylic acids is 1. The van der Waals surface area contributed by atoms with Crippen molar-refractivity contribution in [1.82, 2.24) is 19.3 Å². The van der Waals surface area contributed by atoms with Crippen LogP contribution in [0, 0.1) is 6.92 Å². The van der Waals surface area contributed by atoms with Gasteiger partial charge in [0.15, 0.2) is 0 Å². The van der Waals surface area contributed by atoms with Gasteiger partial charge in [-0.2, -0.15) is 5.10 Å². The highest BCUT2D eigenvalue weighted by Gasteiger charge is 2.20. The molecule has 2 aromatic heterocycles. The molecule has 210 valence electrons. The Kier molecular flexibility index (Phi) is 7.78. The molecule has 7 nitrogen and oxygen atoms in total. The van der Waals surface area contributed by atoms with E-state index in [9.17, 15) is 9.00 Å². The fourth-order valence-electron chi connectivity index (χ4n) is 4.88. The Bertz CT molecular complexity index is 1750. The van der Waals surface area contributed by atoms with Crippen LogP contribution >= 0.6 is 0 Å². The summed E-state index contributed by atoms with van der Waals surface area (Å²) in [4.78, 5) is 18.7.